The molecule has 1 aliphatic heterocycles. The van der Waals surface area contributed by atoms with Gasteiger partial charge in [0.2, 0.25) is 5.95 Å². The number of aromatic nitrogens is 3. The average molecular weight is 342 g/mol. The fourth-order valence-electron chi connectivity index (χ4n) is 3.74. The van der Waals surface area contributed by atoms with Crippen LogP contribution in [0, 0.1) is 0 Å². The minimum Gasteiger partial charge on any atom is -0.493 e. The fourth-order valence-corrected chi connectivity index (χ4v) is 3.74. The Hall–Kier alpha value is -2.24. The summed E-state index contributed by atoms with van der Waals surface area (Å²) in [6, 6.07) is 6.12. The number of rotatable bonds is 6. The molecule has 0 N–H and O–H groups in total. The predicted molar refractivity (Wildman–Crippen MR) is 96.7 cm³/mol. The van der Waals surface area contributed by atoms with Gasteiger partial charge in [0.05, 0.1) is 20.8 Å². The average Bonchev–Trinajstić information content (AvgIpc) is 3.24. The van der Waals surface area contributed by atoms with Crippen LogP contribution in [0.25, 0.3) is 0 Å². The molecule has 2 fully saturated rings. The molecule has 0 atom stereocenters. The van der Waals surface area contributed by atoms with Crippen molar-refractivity contribution in [2.75, 3.05) is 32.2 Å². The predicted octanol–water partition coefficient (Wildman–Crippen LogP) is 3.21. The molecule has 1 saturated heterocycles. The van der Waals surface area contributed by atoms with Crippen LogP contribution in [-0.2, 0) is 6.54 Å². The maximum Gasteiger partial charge on any atom is 0.227 e. The topological polar surface area (TPSA) is 52.4 Å². The van der Waals surface area contributed by atoms with E-state index in [9.17, 15) is 0 Å². The lowest BCUT2D eigenvalue weighted by Gasteiger charge is -2.26. The van der Waals surface area contributed by atoms with Gasteiger partial charge in [-0.15, -0.1) is 10.2 Å². The van der Waals surface area contributed by atoms with Crippen molar-refractivity contribution in [2.45, 2.75) is 44.6 Å². The van der Waals surface area contributed by atoms with Crippen LogP contribution in [0.5, 0.6) is 11.5 Å². The van der Waals surface area contributed by atoms with Crippen LogP contribution in [0.15, 0.2) is 18.2 Å². The lowest BCUT2D eigenvalue weighted by molar-refractivity contribution is 0.354. The highest BCUT2D eigenvalue weighted by Gasteiger charge is 2.29. The molecular formula is C19H26N4O2. The van der Waals surface area contributed by atoms with Gasteiger partial charge in [0.1, 0.15) is 5.82 Å². The van der Waals surface area contributed by atoms with Crippen molar-refractivity contribution >= 4 is 5.95 Å². The van der Waals surface area contributed by atoms with Crippen LogP contribution in [0.2, 0.25) is 0 Å². The highest BCUT2D eigenvalue weighted by Crippen LogP contribution is 2.37. The van der Waals surface area contributed by atoms with Gasteiger partial charge in [-0.2, -0.15) is 0 Å². The Morgan fingerprint density at radius 1 is 1.00 bits per heavy atom. The Kier molecular flexibility index (Phi) is 4.51. The maximum absolute atomic E-state index is 5.46. The number of hydrogen-bond donors (Lipinski definition) is 0. The molecule has 2 aliphatic rings. The molecule has 0 bridgehead atoms. The fraction of sp³-hybridized carbons (Fsp3) is 0.579. The minimum absolute atomic E-state index is 0.559. The van der Waals surface area contributed by atoms with Crippen LogP contribution in [0.1, 0.15) is 49.4 Å². The zero-order chi connectivity index (χ0) is 17.2. The van der Waals surface area contributed by atoms with Gasteiger partial charge in [0, 0.05) is 19.0 Å². The molecule has 0 amide bonds. The van der Waals surface area contributed by atoms with E-state index < -0.39 is 0 Å². The van der Waals surface area contributed by atoms with Crippen molar-refractivity contribution in [3.63, 3.8) is 0 Å². The minimum atomic E-state index is 0.559. The first-order valence-electron chi connectivity index (χ1n) is 9.19. The monoisotopic (exact) mass is 342 g/mol. The molecule has 0 spiro atoms. The molecule has 0 radical (unpaired) electrons. The Morgan fingerprint density at radius 2 is 1.76 bits per heavy atom. The molecule has 1 aromatic carbocycles. The van der Waals surface area contributed by atoms with E-state index in [4.69, 9.17) is 9.47 Å². The number of methoxy groups -OCH3 is 2. The molecule has 1 aromatic heterocycles. The second-order valence-electron chi connectivity index (χ2n) is 6.96. The van der Waals surface area contributed by atoms with Crippen molar-refractivity contribution in [3.8, 4) is 11.5 Å². The first kappa shape index (κ1) is 16.2. The first-order chi connectivity index (χ1) is 12.3. The molecule has 1 aliphatic carbocycles. The number of anilines is 1. The molecule has 2 aromatic rings. The maximum atomic E-state index is 5.46. The van der Waals surface area contributed by atoms with Gasteiger partial charge in [0.15, 0.2) is 11.5 Å². The van der Waals surface area contributed by atoms with E-state index in [0.29, 0.717) is 5.92 Å². The van der Waals surface area contributed by atoms with E-state index in [1.807, 2.05) is 6.07 Å². The summed E-state index contributed by atoms with van der Waals surface area (Å²) in [7, 11) is 3.34. The summed E-state index contributed by atoms with van der Waals surface area (Å²) in [6.07, 6.45) is 6.23. The van der Waals surface area contributed by atoms with Gasteiger partial charge in [-0.25, -0.2) is 0 Å². The Balaban J connectivity index is 1.67. The van der Waals surface area contributed by atoms with E-state index >= 15 is 0 Å². The molecule has 2 heterocycles. The number of nitrogens with zero attached hydrogens (tertiary/aromatic N) is 4. The van der Waals surface area contributed by atoms with E-state index in [1.165, 1.54) is 37.7 Å². The summed E-state index contributed by atoms with van der Waals surface area (Å²) in [4.78, 5) is 2.37. The normalized spacial score (nSPS) is 17.6. The molecule has 6 heteroatoms. The molecule has 0 unspecified atom stereocenters. The summed E-state index contributed by atoms with van der Waals surface area (Å²) in [5, 5.41) is 9.13. The van der Waals surface area contributed by atoms with Gasteiger partial charge in [0.25, 0.3) is 0 Å². The number of ether oxygens (including phenoxy) is 2. The molecule has 25 heavy (non-hydrogen) atoms. The Labute approximate surface area is 148 Å². The molecular weight excluding hydrogens is 316 g/mol. The molecule has 1 saturated carbocycles. The highest BCUT2D eigenvalue weighted by molar-refractivity contribution is 5.44. The van der Waals surface area contributed by atoms with Crippen LogP contribution in [-0.4, -0.2) is 42.1 Å². The summed E-state index contributed by atoms with van der Waals surface area (Å²) in [5.74, 6) is 4.25. The van der Waals surface area contributed by atoms with Crippen LogP contribution in [0.3, 0.4) is 0 Å². The molecule has 6 nitrogen and oxygen atoms in total. The largest absolute Gasteiger partial charge is 0.493 e. The van der Waals surface area contributed by atoms with E-state index in [-0.39, 0.29) is 0 Å². The second-order valence-corrected chi connectivity index (χ2v) is 6.96. The molecule has 134 valence electrons. The van der Waals surface area contributed by atoms with Crippen molar-refractivity contribution in [1.29, 1.82) is 0 Å². The van der Waals surface area contributed by atoms with Gasteiger partial charge < -0.3 is 14.4 Å². The lowest BCUT2D eigenvalue weighted by Crippen LogP contribution is -2.24. The Morgan fingerprint density at radius 3 is 2.40 bits per heavy atom. The molecule has 4 rings (SSSR count). The van der Waals surface area contributed by atoms with E-state index in [1.54, 1.807) is 14.2 Å². The van der Waals surface area contributed by atoms with Crippen LogP contribution >= 0.6 is 0 Å². The SMILES string of the molecule is COc1ccc(Cn2c(C3CCC3)nnc2N2CCCC2)cc1OC. The van der Waals surface area contributed by atoms with Crippen molar-refractivity contribution in [2.24, 2.45) is 0 Å². The van der Waals surface area contributed by atoms with Gasteiger partial charge in [-0.05, 0) is 43.4 Å². The van der Waals surface area contributed by atoms with E-state index in [0.717, 1.165) is 42.9 Å². The third-order valence-electron chi connectivity index (χ3n) is 5.41. The quantitative estimate of drug-likeness (QED) is 0.807. The zero-order valence-corrected chi connectivity index (χ0v) is 15.1. The smallest absolute Gasteiger partial charge is 0.227 e. The number of hydrogen-bond acceptors (Lipinski definition) is 5. The van der Waals surface area contributed by atoms with Crippen molar-refractivity contribution < 1.29 is 9.47 Å². The van der Waals surface area contributed by atoms with Crippen molar-refractivity contribution in [1.82, 2.24) is 14.8 Å². The second kappa shape index (κ2) is 6.94. The van der Waals surface area contributed by atoms with Crippen molar-refractivity contribution in [3.05, 3.63) is 29.6 Å². The summed E-state index contributed by atoms with van der Waals surface area (Å²) in [5.41, 5.74) is 1.18. The summed E-state index contributed by atoms with van der Waals surface area (Å²) in [6.45, 7) is 2.93. The lowest BCUT2D eigenvalue weighted by atomic mass is 9.85. The number of benzene rings is 1. The van der Waals surface area contributed by atoms with Gasteiger partial charge in [-0.3, -0.25) is 4.57 Å². The third kappa shape index (κ3) is 3.05. The van der Waals surface area contributed by atoms with Crippen LogP contribution in [0.4, 0.5) is 5.95 Å². The van der Waals surface area contributed by atoms with Gasteiger partial charge >= 0.3 is 0 Å². The highest BCUT2D eigenvalue weighted by atomic mass is 16.5. The first-order valence-corrected chi connectivity index (χ1v) is 9.19. The van der Waals surface area contributed by atoms with Gasteiger partial charge in [-0.1, -0.05) is 12.5 Å². The Bertz CT molecular complexity index is 733. The summed E-state index contributed by atoms with van der Waals surface area (Å²) < 4.78 is 13.1. The standard InChI is InChI=1S/C19H26N4O2/c1-24-16-9-8-14(12-17(16)25-2)13-23-18(15-6-5-7-15)20-21-19(23)22-10-3-4-11-22/h8-9,12,15H,3-7,10-11,13H2,1-2H3. The van der Waals surface area contributed by atoms with E-state index in [2.05, 4.69) is 31.8 Å². The zero-order valence-electron chi connectivity index (χ0n) is 15.1. The third-order valence-corrected chi connectivity index (χ3v) is 5.41. The summed E-state index contributed by atoms with van der Waals surface area (Å²) >= 11 is 0. The van der Waals surface area contributed by atoms with Crippen LogP contribution < -0.4 is 14.4 Å².